The van der Waals surface area contributed by atoms with Crippen molar-refractivity contribution in [2.45, 2.75) is 164 Å². The fourth-order valence-electron chi connectivity index (χ4n) is 12.6. The number of amides is 2. The molecule has 4 atom stereocenters. The van der Waals surface area contributed by atoms with Gasteiger partial charge in [-0.25, -0.2) is 29.5 Å². The van der Waals surface area contributed by atoms with Crippen LogP contribution in [0.5, 0.6) is 11.5 Å². The molecular weight excluding hydrogens is 1900 g/mol. The van der Waals surface area contributed by atoms with Gasteiger partial charge in [0.2, 0.25) is 11.8 Å². The third-order valence-electron chi connectivity index (χ3n) is 19.4. The van der Waals surface area contributed by atoms with Crippen LogP contribution in [0, 0.1) is 53.8 Å². The van der Waals surface area contributed by atoms with Crippen molar-refractivity contribution in [3.63, 3.8) is 0 Å². The van der Waals surface area contributed by atoms with Gasteiger partial charge in [-0.1, -0.05) is 156 Å². The SMILES string of the molecule is CCCCB(O)O.CCCCc1ccc(-c2ncc(C(=O)C[C@@H](CCN)C(=O)N(C)[C@@H]3C(=O)C[C@@H](C)C(=O)N[C@H](C(=O)CCC#N)Cc4ccc(OCCN)c(c4)-c4cc3ccc4OCCN)c(C)n2)c(Cl)c1.CCCCc1ccc(-c2ncc(C(=O)O)c(C)n2)c(Cl)c1.CCOC(=O)/C(=C/N(C)C)C(C)=O.N#Cc1ccc(Br)cc1Cl.N=C(N)c1ccc(Br)cc1Cl.[2H]C[S-].[Li+]. The number of carboxylic acids is 1. The number of carbonyl (C=O) groups is 8. The molecule has 0 saturated heterocycles. The van der Waals surface area contributed by atoms with Crippen LogP contribution < -0.4 is 56.6 Å². The Kier molecular flexibility index (Phi) is 55.5. The molecule has 2 amide bonds. The Labute approximate surface area is 824 Å². The third kappa shape index (κ3) is 39.7. The number of benzene rings is 6. The number of fused-ring (bicyclic) bond motifs is 5. The minimum absolute atomic E-state index is 0. The molecule has 9 rings (SSSR count). The van der Waals surface area contributed by atoms with Crippen LogP contribution in [-0.2, 0) is 65.4 Å². The monoisotopic (exact) mass is 2010 g/mol. The Morgan fingerprint density at radius 3 is 1.69 bits per heavy atom. The quantitative estimate of drug-likeness (QED) is 0.00212. The van der Waals surface area contributed by atoms with Gasteiger partial charge in [0, 0.05) is 127 Å². The molecule has 28 nitrogen and oxygen atoms in total. The van der Waals surface area contributed by atoms with E-state index in [4.69, 9.17) is 111 Å². The summed E-state index contributed by atoms with van der Waals surface area (Å²) in [5.41, 5.74) is 31.1. The van der Waals surface area contributed by atoms with Gasteiger partial charge in [0.25, 0.3) is 0 Å². The molecular formula is C94H116BBr2Cl4LiN14O14S. The van der Waals surface area contributed by atoms with Gasteiger partial charge in [-0.05, 0) is 188 Å². The van der Waals surface area contributed by atoms with E-state index >= 15 is 0 Å². The van der Waals surface area contributed by atoms with Crippen LogP contribution in [0.3, 0.4) is 0 Å². The van der Waals surface area contributed by atoms with Crippen molar-refractivity contribution in [1.82, 2.24) is 35.1 Å². The van der Waals surface area contributed by atoms with Crippen LogP contribution in [0.15, 0.2) is 142 Å². The summed E-state index contributed by atoms with van der Waals surface area (Å²) < 4.78 is 24.7. The second-order valence-corrected chi connectivity index (χ2v) is 33.2. The van der Waals surface area contributed by atoms with E-state index in [1.165, 1.54) is 43.0 Å². The molecule has 2 aromatic heterocycles. The summed E-state index contributed by atoms with van der Waals surface area (Å²) in [7, 11) is 3.87. The number of nitrogens with zero attached hydrogens (tertiary/aromatic N) is 8. The maximum absolute atomic E-state index is 14.8. The van der Waals surface area contributed by atoms with Gasteiger partial charge in [0.15, 0.2) is 34.8 Å². The molecule has 0 saturated carbocycles. The molecule has 4 bridgehead atoms. The zero-order valence-corrected chi connectivity index (χ0v) is 83.0. The number of amidine groups is 1. The Balaban J connectivity index is 0.000000708. The van der Waals surface area contributed by atoms with E-state index in [-0.39, 0.29) is 143 Å². The molecule has 0 spiro atoms. The fraction of sp³-hybridized carbons (Fsp3) is 0.394. The first-order valence-corrected chi connectivity index (χ1v) is 45.5. The molecule has 0 radical (unpaired) electrons. The van der Waals surface area contributed by atoms with Gasteiger partial charge in [-0.2, -0.15) is 16.8 Å². The van der Waals surface area contributed by atoms with Gasteiger partial charge in [0.05, 0.1) is 66.9 Å². The van der Waals surface area contributed by atoms with Crippen LogP contribution in [-0.4, -0.2) is 178 Å². The van der Waals surface area contributed by atoms with Crippen LogP contribution in [0.4, 0.5) is 0 Å². The van der Waals surface area contributed by atoms with E-state index in [0.717, 1.165) is 71.4 Å². The van der Waals surface area contributed by atoms with E-state index < -0.39 is 60.6 Å². The van der Waals surface area contributed by atoms with Crippen molar-refractivity contribution in [2.75, 3.05) is 66.8 Å². The van der Waals surface area contributed by atoms with Crippen LogP contribution in [0.1, 0.15) is 185 Å². The van der Waals surface area contributed by atoms with Gasteiger partial charge < -0.3 is 80.0 Å². The number of nitrogens with one attached hydrogen (secondary N) is 2. The molecule has 1 aliphatic heterocycles. The van der Waals surface area contributed by atoms with Crippen molar-refractivity contribution in [1.29, 1.82) is 15.9 Å². The number of Topliss-reactive ketones (excluding diaryl/α,β-unsaturated/α-hetero) is 4. The summed E-state index contributed by atoms with van der Waals surface area (Å²) in [4.78, 5) is 124. The number of hydrogen-bond donors (Lipinski definition) is 9. The Bertz CT molecular complexity index is 5300. The summed E-state index contributed by atoms with van der Waals surface area (Å²) >= 11 is 34.9. The minimum atomic E-state index is -1.25. The zero-order chi connectivity index (χ0) is 98.1. The average Bonchev–Trinajstić information content (AvgIpc) is 0.775. The van der Waals surface area contributed by atoms with E-state index in [1.54, 1.807) is 113 Å². The molecule has 0 unspecified atom stereocenters. The molecule has 8 aromatic rings. The van der Waals surface area contributed by atoms with Crippen molar-refractivity contribution in [3.8, 4) is 57.5 Å². The second-order valence-electron chi connectivity index (χ2n) is 29.8. The van der Waals surface area contributed by atoms with E-state index in [9.17, 15) is 43.6 Å². The minimum Gasteiger partial charge on any atom is -0.796 e. The Morgan fingerprint density at radius 1 is 0.718 bits per heavy atom. The van der Waals surface area contributed by atoms with Gasteiger partial charge in [-0.15, -0.1) is 0 Å². The number of rotatable bonds is 33. The molecule has 37 heteroatoms. The topological polar surface area (TPSA) is 471 Å². The smallest absolute Gasteiger partial charge is 0.796 e. The van der Waals surface area contributed by atoms with Gasteiger partial charge in [-0.3, -0.25) is 34.2 Å². The molecule has 3 heterocycles. The third-order valence-corrected chi connectivity index (χ3v) is 21.6. The maximum atomic E-state index is 14.8. The summed E-state index contributed by atoms with van der Waals surface area (Å²) in [6, 6.07) is 34.1. The fourth-order valence-corrected chi connectivity index (χ4v) is 14.7. The van der Waals surface area contributed by atoms with Crippen LogP contribution >= 0.6 is 78.3 Å². The first kappa shape index (κ1) is 116. The summed E-state index contributed by atoms with van der Waals surface area (Å²) in [6.45, 7) is 15.4. The van der Waals surface area contributed by atoms with Gasteiger partial charge in [0.1, 0.15) is 48.2 Å². The molecule has 131 heavy (non-hydrogen) atoms. The van der Waals surface area contributed by atoms with Crippen LogP contribution in [0.2, 0.25) is 26.4 Å². The van der Waals surface area contributed by atoms with E-state index in [1.807, 2.05) is 61.5 Å². The maximum Gasteiger partial charge on any atom is 1.00 e. The van der Waals surface area contributed by atoms with Crippen molar-refractivity contribution in [3.05, 3.63) is 218 Å². The largest absolute Gasteiger partial charge is 1.00 e. The number of aryl methyl sites for hydroxylation is 4. The number of unbranched alkanes of at least 4 members (excludes halogenated alkanes) is 3. The number of carbonyl (C=O) groups excluding carboxylic acids is 7. The van der Waals surface area contributed by atoms with Crippen molar-refractivity contribution >= 4 is 151 Å². The number of aromatic carboxylic acids is 1. The number of likely N-dealkylation sites (N-methyl/N-ethyl adjacent to an activating group) is 1. The first-order chi connectivity index (χ1) is 62.3. The molecule has 1 aliphatic rings. The Morgan fingerprint density at radius 2 is 1.24 bits per heavy atom. The van der Waals surface area contributed by atoms with E-state index in [2.05, 4.69) is 83.6 Å². The first-order valence-electron chi connectivity index (χ1n) is 42.6. The molecule has 0 aliphatic carbocycles. The average molecular weight is 2020 g/mol. The number of nitriles is 2. The predicted octanol–water partition coefficient (Wildman–Crippen LogP) is 13.6. The van der Waals surface area contributed by atoms with Crippen LogP contribution in [0.25, 0.3) is 33.9 Å². The standard InChI is InChI=1S/C50H61ClN8O7.C16H17ClN2O2.C9H15NO3.C7H6BrClN2.C7H3BrClN.C4H11BO2.CH4S.Li/c1-5-6-8-32-10-13-36(40(51)25-32)48-56-29-39(31(3)57-48)43(61)28-35(16-18-53)50(64)59(4)47-34-12-15-46(66-22-20-55)38(27-34)37-24-33(11-14-45(37)65-21-19-54)26-41(42(60)9-7-17-52)58-49(63)30(2)23-44(47)62;1-3-4-5-11-6-7-12(14(17)8-11)15-18-9-13(16(20)21)10(2)19-15;1-5-13-9(12)8(7(2)11)6-10(3)4;8-4-1-2-5(7(10)11)6(9)3-4;8-6-2-1-5(4-10)7(9)3-6;1-2-3-4-5(6)7;1-2;/h10-15,24-25,27,29-30,35,41,47H,5-9,16,18-23,26,28,53-55H2,1-4H3,(H,58,63);6-9H,3-5H2,1-2H3,(H,20,21);6H,5H2,1-4H3;1-3H,(H3,10,11);1-3H;6-7H,2-4H2,1H3;2H,1H3;/q;;;;;;;+1/p-1/b;;8-6+;;;;;/t30-,35-,41+,47+;;;;;;;/m1......./s1/i;;;;;;1D;. The number of esters is 1. The number of nitrogens with two attached hydrogens (primary N) is 4. The summed E-state index contributed by atoms with van der Waals surface area (Å²) in [5, 5.41) is 55.2. The summed E-state index contributed by atoms with van der Waals surface area (Å²) in [6.07, 6.45) is 12.5. The van der Waals surface area contributed by atoms with Crippen molar-refractivity contribution < 1.29 is 88.0 Å². The van der Waals surface area contributed by atoms with Gasteiger partial charge >= 0.3 is 37.9 Å². The number of hydrogen-bond acceptors (Lipinski definition) is 25. The molecule has 0 fully saturated rings. The number of halogens is 6. The number of aromatic nitrogens is 4. The number of ether oxygens (including phenoxy) is 3. The summed E-state index contributed by atoms with van der Waals surface area (Å²) in [5.74, 6) is -4.35. The second kappa shape index (κ2) is 62.9. The number of ketones is 4. The zero-order valence-electron chi connectivity index (χ0n) is 77.0. The van der Waals surface area contributed by atoms with Crippen molar-refractivity contribution in [2.24, 2.45) is 34.8 Å². The molecule has 698 valence electrons. The number of nitrogen functional groups attached to an aromatic ring is 1. The Hall–Kier alpha value is -9.44. The number of carboxylic acid groups (broad SMARTS) is 1. The molecule has 6 aromatic carbocycles. The molecule has 13 N–H and O–H groups in total. The van der Waals surface area contributed by atoms with E-state index in [0.29, 0.717) is 99.9 Å². The predicted molar refractivity (Wildman–Crippen MR) is 522 cm³/mol. The normalized spacial score (nSPS) is 13.3.